The van der Waals surface area contributed by atoms with E-state index in [0.717, 1.165) is 27.3 Å². The maximum absolute atomic E-state index is 13.8. The number of benzene rings is 4. The van der Waals surface area contributed by atoms with Crippen LogP contribution >= 0.6 is 25.5 Å². The summed E-state index contributed by atoms with van der Waals surface area (Å²) in [7, 11) is 0.0344. The average Bonchev–Trinajstić information content (AvgIpc) is 3.07. The second kappa shape index (κ2) is 20.0. The molecule has 0 saturated carbocycles. The molecule has 0 saturated heterocycles. The van der Waals surface area contributed by atoms with Crippen molar-refractivity contribution in [1.82, 2.24) is 0 Å². The molecule has 4 aromatic carbocycles. The Morgan fingerprint density at radius 1 is 0.500 bits per heavy atom. The number of halogens is 13. The first-order chi connectivity index (χ1) is 25.0. The van der Waals surface area contributed by atoms with Crippen LogP contribution in [0, 0.1) is 20.8 Å². The Balaban J connectivity index is 0.00000244. The molecule has 18 heteroatoms. The van der Waals surface area contributed by atoms with Gasteiger partial charge in [0.2, 0.25) is 0 Å². The van der Waals surface area contributed by atoms with Gasteiger partial charge in [-0.3, -0.25) is 6.79 Å². The first-order valence-corrected chi connectivity index (χ1v) is 21.3. The van der Waals surface area contributed by atoms with Gasteiger partial charge in [0.15, 0.2) is 0 Å². The summed E-state index contributed by atoms with van der Waals surface area (Å²) in [4.78, 5) is 7.75. The predicted octanol–water partition coefficient (Wildman–Crippen LogP) is 10.2. The number of hydrogen-bond donors (Lipinski definition) is 0. The molecule has 0 heterocycles. The first kappa shape index (κ1) is 47.6. The van der Waals surface area contributed by atoms with Gasteiger partial charge in [0.1, 0.15) is 0 Å². The van der Waals surface area contributed by atoms with Crippen LogP contribution < -0.4 is 21.2 Å². The molecule has 0 amide bonds. The molecular weight excluding hydrogens is 889 g/mol. The fourth-order valence-electron chi connectivity index (χ4n) is 5.64. The molecule has 54 heavy (non-hydrogen) atoms. The van der Waals surface area contributed by atoms with Gasteiger partial charge in [0, 0.05) is 12.3 Å². The van der Waals surface area contributed by atoms with Crippen LogP contribution in [0.5, 0.6) is 0 Å². The second-order valence-electron chi connectivity index (χ2n) is 12.0. The average molecular weight is 923 g/mol. The number of alkyl halides is 12. The van der Waals surface area contributed by atoms with Gasteiger partial charge in [-0.1, -0.05) is 18.2 Å². The molecule has 0 bridgehead atoms. The van der Waals surface area contributed by atoms with Gasteiger partial charge >= 0.3 is 51.7 Å². The number of hydrogen-bond acceptors (Lipinski definition) is 1. The van der Waals surface area contributed by atoms with E-state index in [9.17, 15) is 52.7 Å². The molecule has 296 valence electrons. The van der Waals surface area contributed by atoms with E-state index in [0.29, 0.717) is 30.4 Å². The van der Waals surface area contributed by atoms with Crippen LogP contribution in [0.3, 0.4) is 0 Å². The van der Waals surface area contributed by atoms with E-state index in [2.05, 4.69) is 33.9 Å². The summed E-state index contributed by atoms with van der Waals surface area (Å²) in [6, 6.07) is 15.2. The molecule has 2 nitrogen and oxygen atoms in total. The molecule has 0 N–H and O–H groups in total. The zero-order valence-electron chi connectivity index (χ0n) is 28.6. The Morgan fingerprint density at radius 2 is 0.815 bits per heavy atom. The maximum atomic E-state index is 13.8. The predicted molar refractivity (Wildman–Crippen MR) is 192 cm³/mol. The van der Waals surface area contributed by atoms with Crippen molar-refractivity contribution in [2.45, 2.75) is 45.5 Å². The number of rotatable bonds is 10. The molecule has 0 aliphatic carbocycles. The Kier molecular flexibility index (Phi) is 17.7. The fraction of sp³-hybridized carbons (Fsp3) is 0.306. The summed E-state index contributed by atoms with van der Waals surface area (Å²) in [5.41, 5.74) is -3.77. The van der Waals surface area contributed by atoms with E-state index in [1.165, 1.54) is 0 Å². The van der Waals surface area contributed by atoms with Gasteiger partial charge in [-0.15, -0.1) is 13.1 Å². The molecule has 0 fully saturated rings. The van der Waals surface area contributed by atoms with Gasteiger partial charge in [-0.2, -0.15) is 52.7 Å². The van der Waals surface area contributed by atoms with Crippen LogP contribution in [0.2, 0.25) is 0 Å². The van der Waals surface area contributed by atoms with Crippen LogP contribution in [0.25, 0.3) is 5.32 Å². The third-order valence-corrected chi connectivity index (χ3v) is 13.3. The summed E-state index contributed by atoms with van der Waals surface area (Å²) < 4.78 is 165. The normalized spacial score (nSPS) is 12.8. The first-order valence-electron chi connectivity index (χ1n) is 15.5. The zero-order chi connectivity index (χ0) is 41.2. The van der Waals surface area contributed by atoms with Gasteiger partial charge in [-0.05, 0) is 98.1 Å². The quantitative estimate of drug-likeness (QED) is 0.0390. The Hall–Kier alpha value is -2.56. The van der Waals surface area contributed by atoms with Crippen molar-refractivity contribution in [2.24, 2.45) is 0 Å². The van der Waals surface area contributed by atoms with Crippen LogP contribution in [-0.4, -0.2) is 32.2 Å². The summed E-state index contributed by atoms with van der Waals surface area (Å²) in [5, 5.41) is 5.35. The van der Waals surface area contributed by atoms with Gasteiger partial charge in [-0.25, -0.2) is 0 Å². The van der Waals surface area contributed by atoms with Crippen molar-refractivity contribution in [3.8, 4) is 0 Å². The Labute approximate surface area is 321 Å². The SMILES string of the molecule is Cc1cccc([PH+](CC[N-]CC[PH+](c2cc(C(F)(F)F)cc(C(F)(F)F)c2)c2cc(C(F)(F)F)cc(C(F)(F)F)c2)c2cc(C)cc(C)c2)c1.[CH-]=O.[Cl][RuH+2]. The second-order valence-corrected chi connectivity index (χ2v) is 17.2. The van der Waals surface area contributed by atoms with E-state index < -0.39 is 73.4 Å². The topological polar surface area (TPSA) is 31.2 Å². The molecule has 0 aliphatic rings. The Bertz CT molecular complexity index is 1670. The molecule has 0 spiro atoms. The van der Waals surface area contributed by atoms with Crippen molar-refractivity contribution >= 4 is 53.5 Å². The third-order valence-electron chi connectivity index (χ3n) is 7.85. The molecule has 4 rings (SSSR count). The number of aryl methyl sites for hydroxylation is 3. The van der Waals surface area contributed by atoms with Crippen LogP contribution in [-0.2, 0) is 46.8 Å². The standard InChI is InChI=1S/C35H30F12NP2.CHO.ClH.Ru.H/c1-21-5-4-6-28(12-21)49(29-13-22(2)11-23(3)14-29)9-7-48-8-10-50(30-17-24(32(36,37)38)15-25(18-30)33(39,40)41)31-19-26(34(42,43)44)16-27(20-31)35(45,46)47;1-2;;;/h4-6,11-20H,7-10H2,1-3H3;1H;1H;;/q2*-1;;+3;/p+1. The van der Waals surface area contributed by atoms with Crippen LogP contribution in [0.1, 0.15) is 38.9 Å². The molecule has 0 radical (unpaired) electrons. The summed E-state index contributed by atoms with van der Waals surface area (Å²) in [6.45, 7) is 9.07. The van der Waals surface area contributed by atoms with Crippen molar-refractivity contribution in [3.05, 3.63) is 123 Å². The minimum absolute atomic E-state index is 0.136. The van der Waals surface area contributed by atoms with Crippen LogP contribution in [0.4, 0.5) is 52.7 Å². The van der Waals surface area contributed by atoms with E-state index in [1.807, 2.05) is 51.1 Å². The van der Waals surface area contributed by atoms with Crippen molar-refractivity contribution in [3.63, 3.8) is 0 Å². The van der Waals surface area contributed by atoms with E-state index in [4.69, 9.17) is 4.79 Å². The van der Waals surface area contributed by atoms with Gasteiger partial charge in [0.25, 0.3) is 0 Å². The van der Waals surface area contributed by atoms with E-state index in [1.54, 1.807) is 17.3 Å². The molecule has 1 atom stereocenters. The molecule has 4 aromatic rings. The van der Waals surface area contributed by atoms with Crippen molar-refractivity contribution in [2.75, 3.05) is 25.4 Å². The minimum atomic E-state index is -5.28. The van der Waals surface area contributed by atoms with Crippen molar-refractivity contribution < 1.29 is 74.8 Å². The summed E-state index contributed by atoms with van der Waals surface area (Å²) in [6.07, 6.45) is -20.9. The van der Waals surface area contributed by atoms with Gasteiger partial charge in [0.05, 0.1) is 59.3 Å². The molecular formula is C36H34ClF12NOP2Ru+2. The molecule has 1 unspecified atom stereocenters. The number of nitrogens with zero attached hydrogens (tertiary/aromatic N) is 1. The monoisotopic (exact) mass is 923 g/mol. The third kappa shape index (κ3) is 13.9. The number of carbonyl (C=O) groups excluding carboxylic acids is 1. The zero-order valence-corrected chi connectivity index (χ0v) is 33.2. The van der Waals surface area contributed by atoms with E-state index in [-0.39, 0.29) is 31.4 Å². The van der Waals surface area contributed by atoms with Gasteiger partial charge < -0.3 is 10.1 Å². The summed E-state index contributed by atoms with van der Waals surface area (Å²) in [5.74, 6) is 0. The fourth-order valence-corrected chi connectivity index (χ4v) is 11.1. The molecule has 0 aliphatic heterocycles. The van der Waals surface area contributed by atoms with Crippen molar-refractivity contribution in [1.29, 1.82) is 0 Å². The summed E-state index contributed by atoms with van der Waals surface area (Å²) >= 11 is 1.62. The Morgan fingerprint density at radius 3 is 1.15 bits per heavy atom. The van der Waals surface area contributed by atoms with Crippen LogP contribution in [0.15, 0.2) is 78.9 Å². The molecule has 0 aromatic heterocycles. The van der Waals surface area contributed by atoms with E-state index >= 15 is 0 Å².